The van der Waals surface area contributed by atoms with Crippen molar-refractivity contribution in [2.24, 2.45) is 11.1 Å². The number of carbonyl (C=O) groups is 1. The van der Waals surface area contributed by atoms with Crippen molar-refractivity contribution in [3.8, 4) is 11.4 Å². The molecule has 1 unspecified atom stereocenters. The van der Waals surface area contributed by atoms with E-state index < -0.39 is 23.4 Å². The van der Waals surface area contributed by atoms with Crippen molar-refractivity contribution in [2.45, 2.75) is 39.5 Å². The van der Waals surface area contributed by atoms with Gasteiger partial charge in [0.05, 0.1) is 23.8 Å². The van der Waals surface area contributed by atoms with Crippen molar-refractivity contribution >= 4 is 11.8 Å². The molecular weight excluding hydrogens is 563 g/mol. The minimum atomic E-state index is -1.21. The van der Waals surface area contributed by atoms with Crippen molar-refractivity contribution < 1.29 is 19.0 Å². The molecule has 3 aromatic carbocycles. The van der Waals surface area contributed by atoms with E-state index in [1.165, 1.54) is 12.1 Å². The fourth-order valence-corrected chi connectivity index (χ4v) is 5.33. The molecule has 232 valence electrons. The lowest BCUT2D eigenvalue weighted by Gasteiger charge is -2.28. The first-order valence-corrected chi connectivity index (χ1v) is 14.3. The summed E-state index contributed by atoms with van der Waals surface area (Å²) in [4.78, 5) is 29.9. The second-order valence-corrected chi connectivity index (χ2v) is 12.0. The minimum Gasteiger partial charge on any atom is -0.490 e. The Morgan fingerprint density at radius 2 is 1.84 bits per heavy atom. The Hall–Kier alpha value is -4.77. The van der Waals surface area contributed by atoms with E-state index in [0.717, 1.165) is 22.4 Å². The van der Waals surface area contributed by atoms with Gasteiger partial charge in [0.25, 0.3) is 0 Å². The molecule has 10 nitrogen and oxygen atoms in total. The predicted molar refractivity (Wildman–Crippen MR) is 168 cm³/mol. The van der Waals surface area contributed by atoms with E-state index in [0.29, 0.717) is 12.0 Å². The molecule has 44 heavy (non-hydrogen) atoms. The maximum atomic E-state index is 16.5. The van der Waals surface area contributed by atoms with Gasteiger partial charge in [-0.3, -0.25) is 10.4 Å². The number of halogens is 1. The third-order valence-electron chi connectivity index (χ3n) is 7.31. The van der Waals surface area contributed by atoms with E-state index in [1.807, 2.05) is 21.0 Å². The van der Waals surface area contributed by atoms with Crippen LogP contribution in [-0.4, -0.2) is 63.8 Å². The molecule has 1 atom stereocenters. The number of rotatable bonds is 13. The number of aromatic nitrogens is 3. The number of aromatic amines is 1. The smallest absolute Gasteiger partial charge is 0.348 e. The highest BCUT2D eigenvalue weighted by Gasteiger charge is 2.28. The van der Waals surface area contributed by atoms with Gasteiger partial charge >= 0.3 is 11.7 Å². The van der Waals surface area contributed by atoms with Gasteiger partial charge in [-0.1, -0.05) is 63.2 Å². The summed E-state index contributed by atoms with van der Waals surface area (Å²) in [5, 5.41) is 21.9. The molecule has 0 aliphatic carbocycles. The number of carboxylic acids is 1. The van der Waals surface area contributed by atoms with Crippen LogP contribution in [0.3, 0.4) is 0 Å². The summed E-state index contributed by atoms with van der Waals surface area (Å²) >= 11 is 0. The summed E-state index contributed by atoms with van der Waals surface area (Å²) in [6.45, 7) is 7.09. The number of nitrogens with two attached hydrogens (primary N) is 1. The average molecular weight is 603 g/mol. The monoisotopic (exact) mass is 602 g/mol. The van der Waals surface area contributed by atoms with Gasteiger partial charge in [-0.25, -0.2) is 14.0 Å². The lowest BCUT2D eigenvalue weighted by molar-refractivity contribution is 0.0696. The first-order valence-electron chi connectivity index (χ1n) is 14.3. The van der Waals surface area contributed by atoms with Crippen LogP contribution in [0.15, 0.2) is 65.5 Å². The van der Waals surface area contributed by atoms with E-state index in [1.54, 1.807) is 48.5 Å². The predicted octanol–water partition coefficient (Wildman–Crippen LogP) is 4.59. The number of aryl methyl sites for hydroxylation is 1. The third kappa shape index (κ3) is 7.41. The summed E-state index contributed by atoms with van der Waals surface area (Å²) in [5.74, 6) is -2.34. The highest BCUT2D eigenvalue weighted by molar-refractivity contribution is 5.94. The Kier molecular flexibility index (Phi) is 9.68. The second-order valence-electron chi connectivity index (χ2n) is 12.0. The molecule has 4 rings (SSSR count). The Balaban J connectivity index is 1.84. The fraction of sp³-hybridized carbons (Fsp3) is 0.333. The van der Waals surface area contributed by atoms with E-state index in [-0.39, 0.29) is 52.7 Å². The minimum absolute atomic E-state index is 0.0751. The summed E-state index contributed by atoms with van der Waals surface area (Å²) in [6, 6.07) is 16.5. The molecule has 4 aromatic rings. The van der Waals surface area contributed by atoms with Crippen molar-refractivity contribution in [3.05, 3.63) is 111 Å². The molecule has 0 fully saturated rings. The van der Waals surface area contributed by atoms with E-state index in [4.69, 9.17) is 15.9 Å². The van der Waals surface area contributed by atoms with Crippen LogP contribution >= 0.6 is 0 Å². The van der Waals surface area contributed by atoms with Crippen LogP contribution in [0.5, 0.6) is 5.75 Å². The van der Waals surface area contributed by atoms with Gasteiger partial charge < -0.3 is 20.5 Å². The van der Waals surface area contributed by atoms with Crippen LogP contribution in [0, 0.1) is 16.6 Å². The van der Waals surface area contributed by atoms with Crippen molar-refractivity contribution in [3.63, 3.8) is 0 Å². The van der Waals surface area contributed by atoms with Gasteiger partial charge in [-0.05, 0) is 56.3 Å². The maximum absolute atomic E-state index is 16.5. The number of hydrogen-bond donors (Lipinski definition) is 4. The van der Waals surface area contributed by atoms with Gasteiger partial charge in [0.15, 0.2) is 11.6 Å². The number of hydrogen-bond acceptors (Lipinski definition) is 6. The molecule has 1 aromatic heterocycles. The van der Waals surface area contributed by atoms with Crippen LogP contribution in [0.2, 0.25) is 0 Å². The highest BCUT2D eigenvalue weighted by atomic mass is 19.1. The molecule has 0 amide bonds. The molecule has 0 saturated heterocycles. The highest BCUT2D eigenvalue weighted by Crippen LogP contribution is 2.35. The van der Waals surface area contributed by atoms with Crippen molar-refractivity contribution in [1.82, 2.24) is 19.7 Å². The van der Waals surface area contributed by atoms with Crippen LogP contribution < -0.4 is 16.2 Å². The molecule has 0 bridgehead atoms. The lowest BCUT2D eigenvalue weighted by atomic mass is 9.89. The summed E-state index contributed by atoms with van der Waals surface area (Å²) in [7, 11) is 3.95. The number of nitrogen functional groups attached to an aromatic ring is 1. The third-order valence-corrected chi connectivity index (χ3v) is 7.31. The first kappa shape index (κ1) is 32.2. The number of ether oxygens (including phenoxy) is 1. The number of benzene rings is 3. The molecular formula is C33H39FN6O4. The van der Waals surface area contributed by atoms with Crippen molar-refractivity contribution in [1.29, 1.82) is 5.41 Å². The Morgan fingerprint density at radius 1 is 1.16 bits per heavy atom. The topological polar surface area (TPSA) is 150 Å². The standard InChI is InChI=1S/C33H39FN6O4/c1-6-20-15-24(28(34)27(17-20)44-19-33(2,3)18-39(4)5)25(16-21-11-13-22(14-12-21)29(35)36)30-37-32(43)40(38-30)26-10-8-7-9-23(26)31(41)42/h7-15,17,25H,6,16,18-19H2,1-5H3,(H3,35,36)(H,41,42)(H,37,38,43). The Bertz CT molecular complexity index is 1710. The molecule has 1 heterocycles. The molecule has 0 aliphatic heterocycles. The summed E-state index contributed by atoms with van der Waals surface area (Å²) < 4.78 is 23.5. The van der Waals surface area contributed by atoms with E-state index >= 15 is 4.39 Å². The zero-order valence-electron chi connectivity index (χ0n) is 25.6. The molecule has 0 radical (unpaired) electrons. The van der Waals surface area contributed by atoms with E-state index in [9.17, 15) is 14.7 Å². The van der Waals surface area contributed by atoms with Crippen LogP contribution in [0.25, 0.3) is 5.69 Å². The normalized spacial score (nSPS) is 12.3. The number of carboxylic acid groups (broad SMARTS) is 1. The zero-order valence-corrected chi connectivity index (χ0v) is 25.6. The van der Waals surface area contributed by atoms with E-state index in [2.05, 4.69) is 28.8 Å². The molecule has 0 spiro atoms. The van der Waals surface area contributed by atoms with Crippen LogP contribution in [-0.2, 0) is 12.8 Å². The SMILES string of the molecule is CCc1cc(OCC(C)(C)CN(C)C)c(F)c(C(Cc2ccc(C(=N)N)cc2)c2nn(-c3ccccc3C(=O)O)c(=O)[nH]2)c1. The molecule has 11 heteroatoms. The summed E-state index contributed by atoms with van der Waals surface area (Å²) in [5.41, 5.74) is 7.18. The Labute approximate surface area is 255 Å². The van der Waals surface area contributed by atoms with Crippen LogP contribution in [0.1, 0.15) is 65.1 Å². The molecule has 5 N–H and O–H groups in total. The fourth-order valence-electron chi connectivity index (χ4n) is 5.33. The lowest BCUT2D eigenvalue weighted by Crippen LogP contribution is -2.33. The zero-order chi connectivity index (χ0) is 32.2. The van der Waals surface area contributed by atoms with Gasteiger partial charge in [0, 0.05) is 23.1 Å². The quantitative estimate of drug-likeness (QED) is 0.129. The van der Waals surface area contributed by atoms with Gasteiger partial charge in [-0.15, -0.1) is 5.10 Å². The van der Waals surface area contributed by atoms with Gasteiger partial charge in [0.2, 0.25) is 0 Å². The maximum Gasteiger partial charge on any atom is 0.348 e. The largest absolute Gasteiger partial charge is 0.490 e. The molecule has 0 saturated carbocycles. The van der Waals surface area contributed by atoms with Gasteiger partial charge in [0.1, 0.15) is 11.7 Å². The van der Waals surface area contributed by atoms with Gasteiger partial charge in [-0.2, -0.15) is 4.68 Å². The summed E-state index contributed by atoms with van der Waals surface area (Å²) in [6.07, 6.45) is 0.850. The number of nitrogens with one attached hydrogen (secondary N) is 2. The first-order chi connectivity index (χ1) is 20.8. The number of para-hydroxylation sites is 1. The van der Waals surface area contributed by atoms with Crippen molar-refractivity contribution in [2.75, 3.05) is 27.2 Å². The second kappa shape index (κ2) is 13.3. The van der Waals surface area contributed by atoms with Crippen LogP contribution in [0.4, 0.5) is 4.39 Å². The molecule has 0 aliphatic rings. The number of nitrogens with zero attached hydrogens (tertiary/aromatic N) is 3. The average Bonchev–Trinajstić information content (AvgIpc) is 3.36. The number of amidine groups is 1. The Morgan fingerprint density at radius 3 is 2.45 bits per heavy atom. The number of H-pyrrole nitrogens is 1. The number of aromatic carboxylic acids is 1.